The van der Waals surface area contributed by atoms with Crippen LogP contribution in [0.25, 0.3) is 0 Å². The molecular weight excluding hydrogens is 452 g/mol. The molecule has 0 atom stereocenters. The fourth-order valence-corrected chi connectivity index (χ4v) is 4.88. The molecule has 0 fully saturated rings. The molecule has 1 aromatic heterocycles. The first-order valence-corrected chi connectivity index (χ1v) is 10.5. The van der Waals surface area contributed by atoms with Crippen LogP contribution in [-0.2, 0) is 9.84 Å². The molecule has 0 spiro atoms. The number of nitro groups is 2. The van der Waals surface area contributed by atoms with E-state index < -0.39 is 31.3 Å². The summed E-state index contributed by atoms with van der Waals surface area (Å²) < 4.78 is 30.0. The second kappa shape index (κ2) is 8.45. The molecule has 31 heavy (non-hydrogen) atoms. The molecule has 0 aliphatic carbocycles. The fraction of sp³-hybridized carbons (Fsp3) is 0.0588. The Kier molecular flexibility index (Phi) is 5.94. The molecule has 0 unspecified atom stereocenters. The number of hydrogen-bond donors (Lipinski definition) is 1. The summed E-state index contributed by atoms with van der Waals surface area (Å²) in [4.78, 5) is 36.5. The Morgan fingerprint density at radius 2 is 1.77 bits per heavy atom. The summed E-state index contributed by atoms with van der Waals surface area (Å²) in [5.41, 5.74) is -0.719. The number of hydrogen-bond acceptors (Lipinski definition) is 10. The van der Waals surface area contributed by atoms with E-state index in [1.54, 1.807) is 0 Å². The van der Waals surface area contributed by atoms with Gasteiger partial charge in [0.2, 0.25) is 9.84 Å². The number of anilines is 1. The van der Waals surface area contributed by atoms with Crippen LogP contribution in [0.5, 0.6) is 5.75 Å². The summed E-state index contributed by atoms with van der Waals surface area (Å²) in [6.45, 7) is 0. The van der Waals surface area contributed by atoms with Crippen molar-refractivity contribution in [3.8, 4) is 5.75 Å². The number of nitrogens with zero attached hydrogens (tertiary/aromatic N) is 3. The van der Waals surface area contributed by atoms with Gasteiger partial charge >= 0.3 is 5.69 Å². The molecule has 0 radical (unpaired) electrons. The Labute approximate surface area is 178 Å². The van der Waals surface area contributed by atoms with Gasteiger partial charge in [-0.2, -0.15) is 0 Å². The monoisotopic (exact) mass is 464 g/mol. The number of nitrogens with one attached hydrogen (secondary N) is 1. The van der Waals surface area contributed by atoms with Gasteiger partial charge in [-0.15, -0.1) is 0 Å². The molecule has 0 saturated heterocycles. The average molecular weight is 464 g/mol. The van der Waals surface area contributed by atoms with E-state index in [1.807, 2.05) is 0 Å². The van der Waals surface area contributed by atoms with Gasteiger partial charge in [0.05, 0.1) is 28.0 Å². The van der Waals surface area contributed by atoms with Gasteiger partial charge < -0.3 is 4.74 Å². The standard InChI is InChI=1S/C17H12N4O8S2/c1-29-14-7-2-10(8-13(14)21(25)26)16(22)19-17-18-9-15(30-17)31(27,28)12-5-3-11(4-6-12)20(23)24/h2-9H,1H3,(H,18,19,22). The number of non-ortho nitro benzene ring substituents is 1. The van der Waals surface area contributed by atoms with Gasteiger partial charge in [0.25, 0.3) is 11.6 Å². The lowest BCUT2D eigenvalue weighted by Gasteiger charge is -2.05. The molecule has 0 aliphatic rings. The lowest BCUT2D eigenvalue weighted by atomic mass is 10.2. The predicted molar refractivity (Wildman–Crippen MR) is 108 cm³/mol. The highest BCUT2D eigenvalue weighted by Gasteiger charge is 2.23. The van der Waals surface area contributed by atoms with Crippen LogP contribution in [0.15, 0.2) is 57.8 Å². The number of methoxy groups -OCH3 is 1. The normalized spacial score (nSPS) is 11.0. The maximum absolute atomic E-state index is 12.7. The number of ether oxygens (including phenoxy) is 1. The Morgan fingerprint density at radius 1 is 1.10 bits per heavy atom. The van der Waals surface area contributed by atoms with E-state index in [4.69, 9.17) is 4.74 Å². The zero-order valence-electron chi connectivity index (χ0n) is 15.5. The third kappa shape index (κ3) is 4.49. The van der Waals surface area contributed by atoms with Crippen LogP contribution >= 0.6 is 11.3 Å². The van der Waals surface area contributed by atoms with Crippen LogP contribution < -0.4 is 10.1 Å². The van der Waals surface area contributed by atoms with E-state index in [0.717, 1.165) is 36.5 Å². The molecular formula is C17H12N4O8S2. The summed E-state index contributed by atoms with van der Waals surface area (Å²) in [6.07, 6.45) is 1.04. The van der Waals surface area contributed by atoms with Gasteiger partial charge in [0.15, 0.2) is 10.9 Å². The third-order valence-electron chi connectivity index (χ3n) is 3.97. The van der Waals surface area contributed by atoms with Gasteiger partial charge in [-0.3, -0.25) is 30.3 Å². The van der Waals surface area contributed by atoms with Crippen LogP contribution in [0, 0.1) is 20.2 Å². The Morgan fingerprint density at radius 3 is 2.35 bits per heavy atom. The number of benzene rings is 2. The SMILES string of the molecule is COc1ccc(C(=O)Nc2ncc(S(=O)(=O)c3ccc([N+](=O)[O-])cc3)s2)cc1[N+](=O)[O-]. The highest BCUT2D eigenvalue weighted by Crippen LogP contribution is 2.31. The molecule has 1 amide bonds. The van der Waals surface area contributed by atoms with Gasteiger partial charge in [0, 0.05) is 23.8 Å². The van der Waals surface area contributed by atoms with Crippen molar-refractivity contribution >= 4 is 43.6 Å². The summed E-state index contributed by atoms with van der Waals surface area (Å²) in [5.74, 6) is -0.758. The van der Waals surface area contributed by atoms with Crippen LogP contribution in [-0.4, -0.2) is 36.3 Å². The molecule has 1 heterocycles. The van der Waals surface area contributed by atoms with E-state index in [2.05, 4.69) is 10.3 Å². The van der Waals surface area contributed by atoms with Crippen molar-refractivity contribution in [1.82, 2.24) is 4.98 Å². The molecule has 1 N–H and O–H groups in total. The topological polar surface area (TPSA) is 172 Å². The van der Waals surface area contributed by atoms with Crippen molar-refractivity contribution in [2.45, 2.75) is 9.10 Å². The van der Waals surface area contributed by atoms with E-state index in [9.17, 15) is 33.4 Å². The van der Waals surface area contributed by atoms with E-state index in [1.165, 1.54) is 19.2 Å². The number of amides is 1. The fourth-order valence-electron chi connectivity index (χ4n) is 2.45. The molecule has 160 valence electrons. The van der Waals surface area contributed by atoms with Gasteiger partial charge in [-0.05, 0) is 24.3 Å². The number of rotatable bonds is 7. The second-order valence-corrected chi connectivity index (χ2v) is 9.04. The molecule has 2 aromatic carbocycles. The molecule has 14 heteroatoms. The highest BCUT2D eigenvalue weighted by molar-refractivity contribution is 7.93. The van der Waals surface area contributed by atoms with Crippen molar-refractivity contribution < 1.29 is 27.8 Å². The molecule has 0 bridgehead atoms. The van der Waals surface area contributed by atoms with Crippen LogP contribution in [0.2, 0.25) is 0 Å². The molecule has 0 saturated carbocycles. The number of sulfone groups is 1. The number of thiazole rings is 1. The maximum Gasteiger partial charge on any atom is 0.311 e. The Balaban J connectivity index is 1.82. The number of aromatic nitrogens is 1. The lowest BCUT2D eigenvalue weighted by Crippen LogP contribution is -2.12. The number of carbonyl (C=O) groups is 1. The van der Waals surface area contributed by atoms with Crippen molar-refractivity contribution in [3.63, 3.8) is 0 Å². The summed E-state index contributed by atoms with van der Waals surface area (Å²) in [7, 11) is -2.76. The lowest BCUT2D eigenvalue weighted by molar-refractivity contribution is -0.385. The third-order valence-corrected chi connectivity index (χ3v) is 7.11. The quantitative estimate of drug-likeness (QED) is 0.407. The largest absolute Gasteiger partial charge is 0.490 e. The minimum atomic E-state index is -4.01. The Hall–Kier alpha value is -3.91. The highest BCUT2D eigenvalue weighted by atomic mass is 32.2. The summed E-state index contributed by atoms with van der Waals surface area (Å²) in [5, 5.41) is 24.1. The first-order valence-electron chi connectivity index (χ1n) is 8.22. The van der Waals surface area contributed by atoms with E-state index in [-0.39, 0.29) is 31.2 Å². The van der Waals surface area contributed by atoms with Crippen molar-refractivity contribution in [3.05, 3.63) is 74.5 Å². The zero-order chi connectivity index (χ0) is 22.8. The van der Waals surface area contributed by atoms with Crippen molar-refractivity contribution in [1.29, 1.82) is 0 Å². The van der Waals surface area contributed by atoms with Gasteiger partial charge in [-0.25, -0.2) is 13.4 Å². The second-order valence-electron chi connectivity index (χ2n) is 5.84. The number of carbonyl (C=O) groups excluding carboxylic acids is 1. The number of nitro benzene ring substituents is 2. The first-order chi connectivity index (χ1) is 14.6. The van der Waals surface area contributed by atoms with Gasteiger partial charge in [-0.1, -0.05) is 11.3 Å². The Bertz CT molecular complexity index is 1290. The molecule has 3 rings (SSSR count). The average Bonchev–Trinajstić information content (AvgIpc) is 3.22. The molecule has 3 aromatic rings. The van der Waals surface area contributed by atoms with E-state index >= 15 is 0 Å². The van der Waals surface area contributed by atoms with E-state index in [0.29, 0.717) is 11.3 Å². The molecule has 0 aliphatic heterocycles. The van der Waals surface area contributed by atoms with Crippen LogP contribution in [0.1, 0.15) is 10.4 Å². The summed E-state index contributed by atoms with van der Waals surface area (Å²) >= 11 is 0.663. The summed E-state index contributed by atoms with van der Waals surface area (Å²) in [6, 6.07) is 7.92. The molecule has 12 nitrogen and oxygen atoms in total. The van der Waals surface area contributed by atoms with Crippen LogP contribution in [0.3, 0.4) is 0 Å². The minimum absolute atomic E-state index is 0.0210. The predicted octanol–water partition coefficient (Wildman–Crippen LogP) is 3.05. The zero-order valence-corrected chi connectivity index (χ0v) is 17.2. The minimum Gasteiger partial charge on any atom is -0.490 e. The first kappa shape index (κ1) is 21.8. The van der Waals surface area contributed by atoms with Gasteiger partial charge in [0.1, 0.15) is 4.21 Å². The van der Waals surface area contributed by atoms with Crippen LogP contribution in [0.4, 0.5) is 16.5 Å². The van der Waals surface area contributed by atoms with Crippen molar-refractivity contribution in [2.24, 2.45) is 0 Å². The maximum atomic E-state index is 12.7. The van der Waals surface area contributed by atoms with Crippen molar-refractivity contribution in [2.75, 3.05) is 12.4 Å². The smallest absolute Gasteiger partial charge is 0.311 e.